The molecule has 0 radical (unpaired) electrons. The Labute approximate surface area is 85.1 Å². The number of amides is 1. The highest BCUT2D eigenvalue weighted by atomic mass is 16.2. The van der Waals surface area contributed by atoms with Crippen LogP contribution in [0.15, 0.2) is 24.5 Å². The van der Waals surface area contributed by atoms with Crippen molar-refractivity contribution in [1.82, 2.24) is 9.88 Å². The summed E-state index contributed by atoms with van der Waals surface area (Å²) in [6, 6.07) is 3.88. The van der Waals surface area contributed by atoms with Crippen molar-refractivity contribution in [3.05, 3.63) is 24.5 Å². The van der Waals surface area contributed by atoms with Crippen molar-refractivity contribution >= 4 is 5.91 Å². The molecule has 0 bridgehead atoms. The molecule has 14 heavy (non-hydrogen) atoms. The van der Waals surface area contributed by atoms with Crippen LogP contribution in [0.2, 0.25) is 0 Å². The highest BCUT2D eigenvalue weighted by Gasteiger charge is 2.24. The minimum atomic E-state index is -0.271. The summed E-state index contributed by atoms with van der Waals surface area (Å²) in [7, 11) is 0. The summed E-state index contributed by atoms with van der Waals surface area (Å²) < 4.78 is 1.93. The van der Waals surface area contributed by atoms with Gasteiger partial charge in [-0.1, -0.05) is 20.8 Å². The molecule has 78 valence electrons. The summed E-state index contributed by atoms with van der Waals surface area (Å²) in [5.41, 5.74) is -0.271. The van der Waals surface area contributed by atoms with E-state index in [1.165, 1.54) is 0 Å². The van der Waals surface area contributed by atoms with Crippen LogP contribution < -0.4 is 5.32 Å². The monoisotopic (exact) mass is 194 g/mol. The molecule has 1 amide bonds. The van der Waals surface area contributed by atoms with E-state index in [-0.39, 0.29) is 11.3 Å². The lowest BCUT2D eigenvalue weighted by Crippen LogP contribution is -2.37. The van der Waals surface area contributed by atoms with Crippen LogP contribution in [0.1, 0.15) is 27.2 Å². The summed E-state index contributed by atoms with van der Waals surface area (Å²) in [4.78, 5) is 11.7. The first-order valence-corrected chi connectivity index (χ1v) is 4.95. The van der Waals surface area contributed by atoms with E-state index in [1.807, 2.05) is 49.9 Å². The van der Waals surface area contributed by atoms with Crippen molar-refractivity contribution in [3.63, 3.8) is 0 Å². The zero-order valence-corrected chi connectivity index (χ0v) is 9.08. The van der Waals surface area contributed by atoms with E-state index < -0.39 is 0 Å². The van der Waals surface area contributed by atoms with Crippen molar-refractivity contribution in [2.24, 2.45) is 5.41 Å². The van der Waals surface area contributed by atoms with E-state index in [0.717, 1.165) is 6.42 Å². The van der Waals surface area contributed by atoms with Crippen LogP contribution in [0.25, 0.3) is 0 Å². The third-order valence-corrected chi connectivity index (χ3v) is 2.59. The SMILES string of the molecule is CCC(C)(C)C(=O)NCn1cccc1. The number of carbonyl (C=O) groups excluding carboxylic acids is 1. The van der Waals surface area contributed by atoms with Gasteiger partial charge in [-0.15, -0.1) is 0 Å². The Bertz CT molecular complexity index is 288. The first kappa shape index (κ1) is 10.8. The number of rotatable bonds is 4. The molecular formula is C11H18N2O. The highest BCUT2D eigenvalue weighted by Crippen LogP contribution is 2.19. The first-order chi connectivity index (χ1) is 6.56. The second-order valence-corrected chi connectivity index (χ2v) is 4.10. The van der Waals surface area contributed by atoms with Crippen LogP contribution in [0, 0.1) is 5.41 Å². The van der Waals surface area contributed by atoms with Crippen molar-refractivity contribution in [2.45, 2.75) is 33.9 Å². The zero-order chi connectivity index (χ0) is 10.6. The van der Waals surface area contributed by atoms with Crippen molar-refractivity contribution in [1.29, 1.82) is 0 Å². The average molecular weight is 194 g/mol. The Kier molecular flexibility index (Phi) is 3.33. The molecule has 0 fully saturated rings. The molecule has 3 nitrogen and oxygen atoms in total. The third-order valence-electron chi connectivity index (χ3n) is 2.59. The summed E-state index contributed by atoms with van der Waals surface area (Å²) in [6.07, 6.45) is 4.71. The quantitative estimate of drug-likeness (QED) is 0.781. The van der Waals surface area contributed by atoms with Gasteiger partial charge in [0.25, 0.3) is 0 Å². The van der Waals surface area contributed by atoms with Gasteiger partial charge in [-0.2, -0.15) is 0 Å². The van der Waals surface area contributed by atoms with E-state index in [9.17, 15) is 4.79 Å². The van der Waals surface area contributed by atoms with E-state index in [0.29, 0.717) is 6.67 Å². The van der Waals surface area contributed by atoms with Gasteiger partial charge in [-0.3, -0.25) is 4.79 Å². The van der Waals surface area contributed by atoms with E-state index in [1.54, 1.807) is 0 Å². The maximum absolute atomic E-state index is 11.7. The topological polar surface area (TPSA) is 34.0 Å². The molecule has 0 spiro atoms. The summed E-state index contributed by atoms with van der Waals surface area (Å²) in [5, 5.41) is 2.90. The van der Waals surface area contributed by atoms with Crippen molar-refractivity contribution in [2.75, 3.05) is 0 Å². The van der Waals surface area contributed by atoms with E-state index in [2.05, 4.69) is 5.32 Å². The molecule has 0 saturated carbocycles. The number of nitrogens with zero attached hydrogens (tertiary/aromatic N) is 1. The molecule has 0 atom stereocenters. The van der Waals surface area contributed by atoms with Gasteiger partial charge in [0.15, 0.2) is 0 Å². The fourth-order valence-electron chi connectivity index (χ4n) is 1.04. The Balaban J connectivity index is 2.43. The zero-order valence-electron chi connectivity index (χ0n) is 9.08. The molecule has 0 aliphatic rings. The predicted molar refractivity (Wildman–Crippen MR) is 56.6 cm³/mol. The molecule has 1 heterocycles. The number of nitrogens with one attached hydrogen (secondary N) is 1. The molecular weight excluding hydrogens is 176 g/mol. The predicted octanol–water partition coefficient (Wildman–Crippen LogP) is 2.00. The summed E-state index contributed by atoms with van der Waals surface area (Å²) >= 11 is 0. The van der Waals surface area contributed by atoms with Gasteiger partial charge in [0, 0.05) is 17.8 Å². The lowest BCUT2D eigenvalue weighted by Gasteiger charge is -2.21. The van der Waals surface area contributed by atoms with E-state index >= 15 is 0 Å². The number of aromatic nitrogens is 1. The van der Waals surface area contributed by atoms with Crippen molar-refractivity contribution < 1.29 is 4.79 Å². The Morgan fingerprint density at radius 3 is 2.43 bits per heavy atom. The summed E-state index contributed by atoms with van der Waals surface area (Å²) in [6.45, 7) is 6.49. The van der Waals surface area contributed by atoms with Crippen molar-refractivity contribution in [3.8, 4) is 0 Å². The van der Waals surface area contributed by atoms with Gasteiger partial charge >= 0.3 is 0 Å². The second kappa shape index (κ2) is 4.31. The Morgan fingerprint density at radius 2 is 1.93 bits per heavy atom. The van der Waals surface area contributed by atoms with Crippen LogP contribution in [-0.4, -0.2) is 10.5 Å². The lowest BCUT2D eigenvalue weighted by atomic mass is 9.89. The largest absolute Gasteiger partial charge is 0.338 e. The normalized spacial score (nSPS) is 11.4. The average Bonchev–Trinajstić information content (AvgIpc) is 2.66. The fourth-order valence-corrected chi connectivity index (χ4v) is 1.04. The van der Waals surface area contributed by atoms with Crippen LogP contribution in [0.3, 0.4) is 0 Å². The Morgan fingerprint density at radius 1 is 1.36 bits per heavy atom. The molecule has 1 aromatic heterocycles. The molecule has 1 aromatic rings. The number of hydrogen-bond donors (Lipinski definition) is 1. The fraction of sp³-hybridized carbons (Fsp3) is 0.545. The molecule has 0 aliphatic heterocycles. The Hall–Kier alpha value is -1.25. The molecule has 0 unspecified atom stereocenters. The number of carbonyl (C=O) groups is 1. The minimum Gasteiger partial charge on any atom is -0.338 e. The second-order valence-electron chi connectivity index (χ2n) is 4.10. The molecule has 0 aliphatic carbocycles. The maximum atomic E-state index is 11.7. The van der Waals surface area contributed by atoms with Crippen LogP contribution in [0.4, 0.5) is 0 Å². The molecule has 1 N–H and O–H groups in total. The molecule has 3 heteroatoms. The van der Waals surface area contributed by atoms with Gasteiger partial charge in [0.05, 0.1) is 6.67 Å². The van der Waals surface area contributed by atoms with Gasteiger partial charge in [-0.05, 0) is 18.6 Å². The third kappa shape index (κ3) is 2.62. The van der Waals surface area contributed by atoms with E-state index in [4.69, 9.17) is 0 Å². The molecule has 1 rings (SSSR count). The first-order valence-electron chi connectivity index (χ1n) is 4.95. The number of hydrogen-bond acceptors (Lipinski definition) is 1. The van der Waals surface area contributed by atoms with Crippen LogP contribution in [-0.2, 0) is 11.5 Å². The van der Waals surface area contributed by atoms with Gasteiger partial charge < -0.3 is 9.88 Å². The smallest absolute Gasteiger partial charge is 0.227 e. The lowest BCUT2D eigenvalue weighted by molar-refractivity contribution is -0.130. The molecule has 0 saturated heterocycles. The summed E-state index contributed by atoms with van der Waals surface area (Å²) in [5.74, 6) is 0.105. The minimum absolute atomic E-state index is 0.105. The van der Waals surface area contributed by atoms with Crippen LogP contribution in [0.5, 0.6) is 0 Å². The van der Waals surface area contributed by atoms with Gasteiger partial charge in [0.1, 0.15) is 0 Å². The molecule has 0 aromatic carbocycles. The maximum Gasteiger partial charge on any atom is 0.227 e. The van der Waals surface area contributed by atoms with Crippen LogP contribution >= 0.6 is 0 Å². The standard InChI is InChI=1S/C11H18N2O/c1-4-11(2,3)10(14)12-9-13-7-5-6-8-13/h5-8H,4,9H2,1-3H3,(H,12,14). The highest BCUT2D eigenvalue weighted by molar-refractivity contribution is 5.81. The van der Waals surface area contributed by atoms with Gasteiger partial charge in [-0.25, -0.2) is 0 Å². The van der Waals surface area contributed by atoms with Gasteiger partial charge in [0.2, 0.25) is 5.91 Å².